The number of nitrogens with zero attached hydrogens (tertiary/aromatic N) is 6. The largest absolute Gasteiger partial charge is 0.365 e. The Morgan fingerprint density at radius 3 is 2.00 bits per heavy atom. The van der Waals surface area contributed by atoms with Crippen LogP contribution in [0.25, 0.3) is 4.85 Å². The number of rotatable bonds is 8. The summed E-state index contributed by atoms with van der Waals surface area (Å²) in [6, 6.07) is 2.17. The highest BCUT2D eigenvalue weighted by atomic mass is 15.4. The Hall–Kier alpha value is -1.76. The molecule has 0 aromatic heterocycles. The smallest absolute Gasteiger partial charge is 0.300 e. The van der Waals surface area contributed by atoms with Gasteiger partial charge < -0.3 is 19.6 Å². The topological polar surface area (TPSA) is 41.1 Å². The highest BCUT2D eigenvalue weighted by molar-refractivity contribution is 5.33. The van der Waals surface area contributed by atoms with Gasteiger partial charge >= 0.3 is 5.70 Å². The zero-order valence-corrected chi connectivity index (χ0v) is 19.2. The molecule has 3 rings (SSSR count). The first-order valence-corrected chi connectivity index (χ1v) is 12.1. The van der Waals surface area contributed by atoms with Gasteiger partial charge in [-0.25, -0.2) is 10.1 Å². The molecule has 2 atom stereocenters. The minimum atomic E-state index is 0.269. The van der Waals surface area contributed by atoms with Crippen LogP contribution in [0.1, 0.15) is 52.4 Å². The molecular weight excluding hydrogens is 372 g/mol. The maximum absolute atomic E-state index is 9.55. The van der Waals surface area contributed by atoms with Crippen molar-refractivity contribution in [2.75, 3.05) is 65.4 Å². The van der Waals surface area contributed by atoms with Crippen LogP contribution in [-0.4, -0.2) is 85.0 Å². The number of hydrogen-bond donors (Lipinski definition) is 0. The zero-order chi connectivity index (χ0) is 21.3. The molecule has 0 saturated carbocycles. The van der Waals surface area contributed by atoms with Gasteiger partial charge in [0.1, 0.15) is 5.82 Å². The third-order valence-electron chi connectivity index (χ3n) is 6.87. The van der Waals surface area contributed by atoms with Gasteiger partial charge in [0.15, 0.2) is 0 Å². The molecule has 3 saturated heterocycles. The van der Waals surface area contributed by atoms with Crippen molar-refractivity contribution in [1.29, 1.82) is 5.26 Å². The second-order valence-electron chi connectivity index (χ2n) is 9.68. The van der Waals surface area contributed by atoms with E-state index in [9.17, 15) is 5.26 Å². The summed E-state index contributed by atoms with van der Waals surface area (Å²) in [5.74, 6) is 2.48. The van der Waals surface area contributed by atoms with Crippen LogP contribution in [0.5, 0.6) is 0 Å². The molecule has 0 spiro atoms. The number of piperidine rings is 2. The van der Waals surface area contributed by atoms with Crippen LogP contribution in [0.15, 0.2) is 11.5 Å². The van der Waals surface area contributed by atoms with Crippen molar-refractivity contribution in [1.82, 2.24) is 19.6 Å². The van der Waals surface area contributed by atoms with E-state index in [-0.39, 0.29) is 5.70 Å². The lowest BCUT2D eigenvalue weighted by molar-refractivity contribution is 0.136. The fourth-order valence-corrected chi connectivity index (χ4v) is 5.64. The van der Waals surface area contributed by atoms with Crippen LogP contribution < -0.4 is 0 Å². The van der Waals surface area contributed by atoms with Crippen molar-refractivity contribution in [3.05, 3.63) is 22.9 Å². The van der Waals surface area contributed by atoms with Gasteiger partial charge in [-0.15, -0.1) is 0 Å². The molecule has 3 heterocycles. The lowest BCUT2D eigenvalue weighted by atomic mass is 9.92. The zero-order valence-electron chi connectivity index (χ0n) is 19.2. The number of likely N-dealkylation sites (tertiary alicyclic amines) is 2. The van der Waals surface area contributed by atoms with E-state index >= 15 is 0 Å². The Morgan fingerprint density at radius 1 is 0.900 bits per heavy atom. The van der Waals surface area contributed by atoms with Crippen LogP contribution in [-0.2, 0) is 0 Å². The molecule has 3 aliphatic rings. The van der Waals surface area contributed by atoms with Crippen LogP contribution in [0, 0.1) is 29.7 Å². The maximum Gasteiger partial charge on any atom is 0.300 e. The van der Waals surface area contributed by atoms with Gasteiger partial charge in [-0.1, -0.05) is 20.3 Å². The minimum Gasteiger partial charge on any atom is -0.365 e. The highest BCUT2D eigenvalue weighted by Crippen LogP contribution is 2.25. The molecule has 0 radical (unpaired) electrons. The summed E-state index contributed by atoms with van der Waals surface area (Å²) >= 11 is 0. The molecule has 6 nitrogen and oxygen atoms in total. The fourth-order valence-electron chi connectivity index (χ4n) is 5.64. The molecule has 0 aromatic carbocycles. The molecule has 2 unspecified atom stereocenters. The van der Waals surface area contributed by atoms with Crippen LogP contribution in [0.4, 0.5) is 0 Å². The van der Waals surface area contributed by atoms with E-state index in [1.54, 1.807) is 0 Å². The van der Waals surface area contributed by atoms with Crippen molar-refractivity contribution in [2.24, 2.45) is 11.8 Å². The molecule has 0 aromatic rings. The molecule has 6 heteroatoms. The molecule has 166 valence electrons. The molecule has 30 heavy (non-hydrogen) atoms. The first-order chi connectivity index (χ1) is 14.6. The molecule has 0 bridgehead atoms. The third-order valence-corrected chi connectivity index (χ3v) is 6.87. The summed E-state index contributed by atoms with van der Waals surface area (Å²) in [6.07, 6.45) is 7.58. The predicted molar refractivity (Wildman–Crippen MR) is 121 cm³/mol. The fraction of sp³-hybridized carbons (Fsp3) is 0.833. The Balaban J connectivity index is 1.50. The summed E-state index contributed by atoms with van der Waals surface area (Å²) in [5, 5.41) is 9.55. The van der Waals surface area contributed by atoms with E-state index in [2.05, 4.69) is 44.4 Å². The van der Waals surface area contributed by atoms with Gasteiger partial charge in [-0.2, -0.15) is 0 Å². The van der Waals surface area contributed by atoms with E-state index in [1.807, 2.05) is 0 Å². The second kappa shape index (κ2) is 11.6. The van der Waals surface area contributed by atoms with Crippen LogP contribution in [0.2, 0.25) is 0 Å². The third kappa shape index (κ3) is 6.37. The van der Waals surface area contributed by atoms with Gasteiger partial charge in [0.25, 0.3) is 0 Å². The molecule has 3 aliphatic heterocycles. The van der Waals surface area contributed by atoms with Crippen LogP contribution >= 0.6 is 0 Å². The monoisotopic (exact) mass is 412 g/mol. The summed E-state index contributed by atoms with van der Waals surface area (Å²) in [4.78, 5) is 13.3. The Morgan fingerprint density at radius 2 is 1.47 bits per heavy atom. The molecule has 3 fully saturated rings. The van der Waals surface area contributed by atoms with Gasteiger partial charge in [0.05, 0.1) is 12.6 Å². The van der Waals surface area contributed by atoms with Gasteiger partial charge in [-0.05, 0) is 70.1 Å². The minimum absolute atomic E-state index is 0.269. The summed E-state index contributed by atoms with van der Waals surface area (Å²) < 4.78 is 0. The number of nitriles is 1. The highest BCUT2D eigenvalue weighted by Gasteiger charge is 2.28. The first-order valence-electron chi connectivity index (χ1n) is 12.1. The summed E-state index contributed by atoms with van der Waals surface area (Å²) in [5.41, 5.74) is 0.269. The van der Waals surface area contributed by atoms with Gasteiger partial charge in [0, 0.05) is 39.3 Å². The lowest BCUT2D eigenvalue weighted by Crippen LogP contribution is -2.40. The summed E-state index contributed by atoms with van der Waals surface area (Å²) in [6.45, 7) is 23.1. The van der Waals surface area contributed by atoms with Crippen LogP contribution in [0.3, 0.4) is 0 Å². The van der Waals surface area contributed by atoms with Crippen molar-refractivity contribution in [3.63, 3.8) is 0 Å². The Labute approximate surface area is 183 Å². The Bertz CT molecular complexity index is 628. The first kappa shape index (κ1) is 22.9. The van der Waals surface area contributed by atoms with Crippen molar-refractivity contribution in [3.8, 4) is 6.07 Å². The summed E-state index contributed by atoms with van der Waals surface area (Å²) in [7, 11) is 0. The van der Waals surface area contributed by atoms with Crippen molar-refractivity contribution < 1.29 is 0 Å². The SMILES string of the molecule is [C-]#[N+]C(C#N)=C1N(CCCN2CCCCC2)CCN1CCCN1CC(C)CC(C)C1. The molecule has 0 amide bonds. The quantitative estimate of drug-likeness (QED) is 0.451. The maximum atomic E-state index is 9.55. The second-order valence-corrected chi connectivity index (χ2v) is 9.68. The van der Waals surface area contributed by atoms with E-state index in [0.717, 1.165) is 69.8 Å². The van der Waals surface area contributed by atoms with E-state index < -0.39 is 0 Å². The van der Waals surface area contributed by atoms with E-state index in [0.29, 0.717) is 0 Å². The average Bonchev–Trinajstić information content (AvgIpc) is 3.12. The van der Waals surface area contributed by atoms with Gasteiger partial charge in [-0.3, -0.25) is 0 Å². The standard InChI is InChI=1S/C24H40N6/c1-21-17-22(2)20-28(19-21)12-8-14-30-16-15-29(24(30)23(18-25)26-3)13-7-11-27-9-5-4-6-10-27/h21-22H,4-17,19-20H2,1-2H3. The number of hydrogen-bond acceptors (Lipinski definition) is 5. The van der Waals surface area contributed by atoms with Gasteiger partial charge in [0.2, 0.25) is 0 Å². The Kier molecular flexibility index (Phi) is 8.85. The lowest BCUT2D eigenvalue weighted by Gasteiger charge is -2.35. The molecule has 0 N–H and O–H groups in total. The average molecular weight is 413 g/mol. The van der Waals surface area contributed by atoms with E-state index in [1.165, 1.54) is 51.9 Å². The van der Waals surface area contributed by atoms with Crippen molar-refractivity contribution in [2.45, 2.75) is 52.4 Å². The van der Waals surface area contributed by atoms with E-state index in [4.69, 9.17) is 6.57 Å². The molecular formula is C24H40N6. The number of allylic oxidation sites excluding steroid dienone is 1. The predicted octanol–water partition coefficient (Wildman–Crippen LogP) is 3.46. The molecule has 0 aliphatic carbocycles. The normalized spacial score (nSPS) is 27.7. The van der Waals surface area contributed by atoms with Crippen molar-refractivity contribution >= 4 is 0 Å².